The van der Waals surface area contributed by atoms with Crippen LogP contribution in [0.4, 0.5) is 5.82 Å². The molecule has 1 saturated carbocycles. The van der Waals surface area contributed by atoms with Crippen LogP contribution in [0, 0.1) is 13.8 Å². The zero-order valence-corrected chi connectivity index (χ0v) is 12.6. The monoisotopic (exact) mass is 261 g/mol. The van der Waals surface area contributed by atoms with Crippen molar-refractivity contribution in [3.8, 4) is 0 Å². The van der Waals surface area contributed by atoms with E-state index in [0.717, 1.165) is 18.1 Å². The van der Waals surface area contributed by atoms with E-state index in [0.29, 0.717) is 12.6 Å². The molecule has 3 heteroatoms. The summed E-state index contributed by atoms with van der Waals surface area (Å²) in [6.07, 6.45) is 6.69. The molecule has 3 nitrogen and oxygen atoms in total. The van der Waals surface area contributed by atoms with Gasteiger partial charge in [-0.2, -0.15) is 0 Å². The first-order valence-corrected chi connectivity index (χ1v) is 7.61. The lowest BCUT2D eigenvalue weighted by molar-refractivity contribution is 0.415. The van der Waals surface area contributed by atoms with E-state index in [4.69, 9.17) is 10.7 Å². The summed E-state index contributed by atoms with van der Waals surface area (Å²) in [5, 5.41) is 0. The van der Waals surface area contributed by atoms with Gasteiger partial charge in [0.1, 0.15) is 5.82 Å². The largest absolute Gasteiger partial charge is 0.354 e. The number of anilines is 1. The lowest BCUT2D eigenvalue weighted by Gasteiger charge is -2.36. The minimum Gasteiger partial charge on any atom is -0.354 e. The Bertz CT molecular complexity index is 422. The minimum atomic E-state index is 0.581. The van der Waals surface area contributed by atoms with Crippen LogP contribution in [-0.4, -0.2) is 17.6 Å². The van der Waals surface area contributed by atoms with Crippen LogP contribution in [0.15, 0.2) is 6.07 Å². The first kappa shape index (κ1) is 14.3. The average molecular weight is 261 g/mol. The van der Waals surface area contributed by atoms with Crippen LogP contribution >= 0.6 is 0 Å². The second kappa shape index (κ2) is 6.38. The Morgan fingerprint density at radius 2 is 1.95 bits per heavy atom. The molecule has 0 amide bonds. The molecule has 19 heavy (non-hydrogen) atoms. The van der Waals surface area contributed by atoms with Gasteiger partial charge in [0.15, 0.2) is 0 Å². The number of aryl methyl sites for hydroxylation is 2. The van der Waals surface area contributed by atoms with Gasteiger partial charge < -0.3 is 10.6 Å². The molecule has 1 aliphatic rings. The predicted molar refractivity (Wildman–Crippen MR) is 81.5 cm³/mol. The lowest BCUT2D eigenvalue weighted by atomic mass is 9.93. The maximum absolute atomic E-state index is 5.96. The van der Waals surface area contributed by atoms with Gasteiger partial charge in [-0.1, -0.05) is 19.3 Å². The number of hydrogen-bond donors (Lipinski definition) is 1. The first-order chi connectivity index (χ1) is 9.17. The summed E-state index contributed by atoms with van der Waals surface area (Å²) < 4.78 is 0. The van der Waals surface area contributed by atoms with Crippen molar-refractivity contribution < 1.29 is 0 Å². The highest BCUT2D eigenvalue weighted by atomic mass is 15.2. The summed E-state index contributed by atoms with van der Waals surface area (Å²) in [6.45, 7) is 8.06. The van der Waals surface area contributed by atoms with Crippen molar-refractivity contribution in [1.29, 1.82) is 0 Å². The zero-order valence-electron chi connectivity index (χ0n) is 12.6. The SMILES string of the molecule is CCN(c1nc(C)cc(C)c1CN)C1CCCCC1. The Morgan fingerprint density at radius 3 is 2.53 bits per heavy atom. The van der Waals surface area contributed by atoms with E-state index in [2.05, 4.69) is 31.7 Å². The smallest absolute Gasteiger partial charge is 0.133 e. The molecule has 1 aliphatic carbocycles. The van der Waals surface area contributed by atoms with Gasteiger partial charge >= 0.3 is 0 Å². The summed E-state index contributed by atoms with van der Waals surface area (Å²) >= 11 is 0. The third-order valence-corrected chi connectivity index (χ3v) is 4.29. The van der Waals surface area contributed by atoms with Crippen molar-refractivity contribution >= 4 is 5.82 Å². The van der Waals surface area contributed by atoms with Crippen LogP contribution in [0.25, 0.3) is 0 Å². The van der Waals surface area contributed by atoms with E-state index < -0.39 is 0 Å². The number of nitrogens with two attached hydrogens (primary N) is 1. The molecular formula is C16H27N3. The van der Waals surface area contributed by atoms with Crippen molar-refractivity contribution in [1.82, 2.24) is 4.98 Å². The van der Waals surface area contributed by atoms with Crippen molar-refractivity contribution in [2.75, 3.05) is 11.4 Å². The summed E-state index contributed by atoms with van der Waals surface area (Å²) in [5.41, 5.74) is 9.55. The van der Waals surface area contributed by atoms with Gasteiger partial charge in [0.05, 0.1) is 0 Å². The van der Waals surface area contributed by atoms with Crippen LogP contribution in [0.2, 0.25) is 0 Å². The second-order valence-electron chi connectivity index (χ2n) is 5.66. The van der Waals surface area contributed by atoms with Crippen molar-refractivity contribution in [3.63, 3.8) is 0 Å². The number of pyridine rings is 1. The topological polar surface area (TPSA) is 42.2 Å². The first-order valence-electron chi connectivity index (χ1n) is 7.61. The minimum absolute atomic E-state index is 0.581. The Labute approximate surface area is 117 Å². The summed E-state index contributed by atoms with van der Waals surface area (Å²) in [7, 11) is 0. The molecule has 1 heterocycles. The predicted octanol–water partition coefficient (Wildman–Crippen LogP) is 3.32. The van der Waals surface area contributed by atoms with Crippen LogP contribution in [0.5, 0.6) is 0 Å². The highest BCUT2D eigenvalue weighted by molar-refractivity contribution is 5.52. The van der Waals surface area contributed by atoms with E-state index in [1.807, 2.05) is 0 Å². The second-order valence-corrected chi connectivity index (χ2v) is 5.66. The van der Waals surface area contributed by atoms with E-state index in [1.54, 1.807) is 0 Å². The Kier molecular flexibility index (Phi) is 4.81. The standard InChI is InChI=1S/C16H27N3/c1-4-19(14-8-6-5-7-9-14)16-15(11-17)12(2)10-13(3)18-16/h10,14H,4-9,11,17H2,1-3H3. The summed E-state index contributed by atoms with van der Waals surface area (Å²) in [5.74, 6) is 1.13. The molecule has 0 unspecified atom stereocenters. The quantitative estimate of drug-likeness (QED) is 0.904. The van der Waals surface area contributed by atoms with Gasteiger partial charge in [-0.15, -0.1) is 0 Å². The van der Waals surface area contributed by atoms with Gasteiger partial charge in [0.2, 0.25) is 0 Å². The van der Waals surface area contributed by atoms with Crippen LogP contribution < -0.4 is 10.6 Å². The van der Waals surface area contributed by atoms with E-state index >= 15 is 0 Å². The van der Waals surface area contributed by atoms with Gasteiger partial charge in [-0.05, 0) is 45.2 Å². The van der Waals surface area contributed by atoms with Crippen LogP contribution in [0.3, 0.4) is 0 Å². The maximum atomic E-state index is 5.96. The van der Waals surface area contributed by atoms with Crippen molar-refractivity contribution in [3.05, 3.63) is 22.9 Å². The van der Waals surface area contributed by atoms with Gasteiger partial charge in [0, 0.05) is 30.4 Å². The molecule has 0 bridgehead atoms. The molecular weight excluding hydrogens is 234 g/mol. The molecule has 1 aromatic rings. The number of nitrogens with zero attached hydrogens (tertiary/aromatic N) is 2. The van der Waals surface area contributed by atoms with E-state index in [9.17, 15) is 0 Å². The molecule has 106 valence electrons. The number of aromatic nitrogens is 1. The fourth-order valence-electron chi connectivity index (χ4n) is 3.31. The molecule has 0 aromatic carbocycles. The number of hydrogen-bond acceptors (Lipinski definition) is 3. The molecule has 0 atom stereocenters. The van der Waals surface area contributed by atoms with Crippen LogP contribution in [-0.2, 0) is 6.54 Å². The fourth-order valence-corrected chi connectivity index (χ4v) is 3.31. The molecule has 0 spiro atoms. The Hall–Kier alpha value is -1.09. The zero-order chi connectivity index (χ0) is 13.8. The van der Waals surface area contributed by atoms with E-state index in [1.165, 1.54) is 43.2 Å². The van der Waals surface area contributed by atoms with Gasteiger partial charge in [-0.3, -0.25) is 0 Å². The summed E-state index contributed by atoms with van der Waals surface area (Å²) in [4.78, 5) is 7.28. The Morgan fingerprint density at radius 1 is 1.26 bits per heavy atom. The molecule has 0 aliphatic heterocycles. The summed E-state index contributed by atoms with van der Waals surface area (Å²) in [6, 6.07) is 2.79. The molecule has 1 fully saturated rings. The molecule has 1 aromatic heterocycles. The third-order valence-electron chi connectivity index (χ3n) is 4.29. The average Bonchev–Trinajstić information content (AvgIpc) is 2.40. The van der Waals surface area contributed by atoms with Gasteiger partial charge in [0.25, 0.3) is 0 Å². The normalized spacial score (nSPS) is 16.6. The van der Waals surface area contributed by atoms with E-state index in [-0.39, 0.29) is 0 Å². The fraction of sp³-hybridized carbons (Fsp3) is 0.688. The third kappa shape index (κ3) is 3.08. The molecule has 0 radical (unpaired) electrons. The molecule has 2 N–H and O–H groups in total. The Balaban J connectivity index is 2.36. The molecule has 0 saturated heterocycles. The lowest BCUT2D eigenvalue weighted by Crippen LogP contribution is -2.38. The highest BCUT2D eigenvalue weighted by Crippen LogP contribution is 2.29. The highest BCUT2D eigenvalue weighted by Gasteiger charge is 2.23. The maximum Gasteiger partial charge on any atom is 0.133 e. The molecule has 2 rings (SSSR count). The van der Waals surface area contributed by atoms with Crippen molar-refractivity contribution in [2.45, 2.75) is 65.5 Å². The van der Waals surface area contributed by atoms with Crippen LogP contribution in [0.1, 0.15) is 55.8 Å². The van der Waals surface area contributed by atoms with Gasteiger partial charge in [-0.25, -0.2) is 4.98 Å². The van der Waals surface area contributed by atoms with Crippen molar-refractivity contribution in [2.24, 2.45) is 5.73 Å². The number of rotatable bonds is 4.